The first-order valence-electron chi connectivity index (χ1n) is 7.26. The molecule has 0 saturated carbocycles. The van der Waals surface area contributed by atoms with Crippen LogP contribution in [0.3, 0.4) is 0 Å². The lowest BCUT2D eigenvalue weighted by molar-refractivity contribution is 0.292. The summed E-state index contributed by atoms with van der Waals surface area (Å²) < 4.78 is 0.999. The van der Waals surface area contributed by atoms with Gasteiger partial charge in [-0.3, -0.25) is 0 Å². The topological polar surface area (TPSA) is 61.3 Å². The van der Waals surface area contributed by atoms with Crippen LogP contribution in [-0.2, 0) is 0 Å². The van der Waals surface area contributed by atoms with Crippen LogP contribution in [-0.4, -0.2) is 41.3 Å². The Kier molecular flexibility index (Phi) is 5.76. The molecule has 0 amide bonds. The van der Waals surface area contributed by atoms with Crippen LogP contribution in [0.5, 0.6) is 0 Å². The minimum atomic E-state index is 0.169. The highest BCUT2D eigenvalue weighted by Crippen LogP contribution is 2.26. The molecule has 0 atom stereocenters. The molecule has 0 unspecified atom stereocenters. The maximum Gasteiger partial charge on any atom is 0.227 e. The predicted octanol–water partition coefficient (Wildman–Crippen LogP) is 3.03. The second-order valence-corrected chi connectivity index (χ2v) is 5.63. The SMILES string of the molecule is CCN(CC)c1nc(NCCCO)c2cc(Br)ccc2n1. The highest BCUT2D eigenvalue weighted by atomic mass is 79.9. The Hall–Kier alpha value is -1.40. The number of hydrogen-bond acceptors (Lipinski definition) is 5. The van der Waals surface area contributed by atoms with Crippen molar-refractivity contribution in [3.8, 4) is 0 Å². The summed E-state index contributed by atoms with van der Waals surface area (Å²) in [6, 6.07) is 5.99. The smallest absolute Gasteiger partial charge is 0.227 e. The van der Waals surface area contributed by atoms with Gasteiger partial charge < -0.3 is 15.3 Å². The molecule has 2 rings (SSSR count). The van der Waals surface area contributed by atoms with Crippen LogP contribution >= 0.6 is 15.9 Å². The Morgan fingerprint density at radius 1 is 1.24 bits per heavy atom. The number of hydrogen-bond donors (Lipinski definition) is 2. The zero-order valence-electron chi connectivity index (χ0n) is 12.4. The molecule has 1 aromatic carbocycles. The van der Waals surface area contributed by atoms with Crippen molar-refractivity contribution in [3.05, 3.63) is 22.7 Å². The number of aliphatic hydroxyl groups excluding tert-OH is 1. The number of anilines is 2. The third-order valence-electron chi connectivity index (χ3n) is 3.32. The summed E-state index contributed by atoms with van der Waals surface area (Å²) in [7, 11) is 0. The van der Waals surface area contributed by atoms with Gasteiger partial charge in [-0.2, -0.15) is 4.98 Å². The molecule has 0 aliphatic heterocycles. The lowest BCUT2D eigenvalue weighted by Crippen LogP contribution is -2.24. The fourth-order valence-corrected chi connectivity index (χ4v) is 2.52. The van der Waals surface area contributed by atoms with E-state index in [4.69, 9.17) is 5.11 Å². The fraction of sp³-hybridized carbons (Fsp3) is 0.467. The molecule has 6 heteroatoms. The number of rotatable bonds is 7. The number of nitrogens with one attached hydrogen (secondary N) is 1. The first-order chi connectivity index (χ1) is 10.2. The van der Waals surface area contributed by atoms with Gasteiger partial charge in [0.25, 0.3) is 0 Å². The minimum Gasteiger partial charge on any atom is -0.396 e. The van der Waals surface area contributed by atoms with Gasteiger partial charge in [0.05, 0.1) is 5.52 Å². The van der Waals surface area contributed by atoms with E-state index < -0.39 is 0 Å². The van der Waals surface area contributed by atoms with Gasteiger partial charge in [-0.1, -0.05) is 15.9 Å². The van der Waals surface area contributed by atoms with Crippen LogP contribution in [0.25, 0.3) is 10.9 Å². The molecule has 21 heavy (non-hydrogen) atoms. The van der Waals surface area contributed by atoms with Gasteiger partial charge in [-0.05, 0) is 38.5 Å². The summed E-state index contributed by atoms with van der Waals surface area (Å²) in [6.07, 6.45) is 0.695. The first-order valence-corrected chi connectivity index (χ1v) is 8.05. The zero-order valence-corrected chi connectivity index (χ0v) is 14.0. The highest BCUT2D eigenvalue weighted by molar-refractivity contribution is 9.10. The van der Waals surface area contributed by atoms with Gasteiger partial charge >= 0.3 is 0 Å². The summed E-state index contributed by atoms with van der Waals surface area (Å²) in [6.45, 7) is 6.79. The molecule has 5 nitrogen and oxygen atoms in total. The van der Waals surface area contributed by atoms with E-state index in [0.717, 1.165) is 40.2 Å². The second kappa shape index (κ2) is 7.56. The molecule has 0 saturated heterocycles. The molecule has 0 aliphatic carbocycles. The highest BCUT2D eigenvalue weighted by Gasteiger charge is 2.11. The van der Waals surface area contributed by atoms with E-state index in [1.54, 1.807) is 0 Å². The molecule has 0 aliphatic rings. The van der Waals surface area contributed by atoms with E-state index in [-0.39, 0.29) is 6.61 Å². The van der Waals surface area contributed by atoms with E-state index in [1.165, 1.54) is 0 Å². The monoisotopic (exact) mass is 352 g/mol. The maximum absolute atomic E-state index is 8.93. The quantitative estimate of drug-likeness (QED) is 0.750. The van der Waals surface area contributed by atoms with Gasteiger partial charge in [0.1, 0.15) is 5.82 Å². The van der Waals surface area contributed by atoms with Gasteiger partial charge in [-0.15, -0.1) is 0 Å². The molecule has 0 radical (unpaired) electrons. The largest absolute Gasteiger partial charge is 0.396 e. The summed E-state index contributed by atoms with van der Waals surface area (Å²) in [5.74, 6) is 1.55. The van der Waals surface area contributed by atoms with E-state index in [2.05, 4.69) is 50.0 Å². The van der Waals surface area contributed by atoms with E-state index in [0.29, 0.717) is 13.0 Å². The summed E-state index contributed by atoms with van der Waals surface area (Å²) in [5, 5.41) is 13.2. The lowest BCUT2D eigenvalue weighted by atomic mass is 10.2. The normalized spacial score (nSPS) is 10.9. The molecular formula is C15H21BrN4O. The number of fused-ring (bicyclic) bond motifs is 1. The molecule has 0 spiro atoms. The molecule has 0 fully saturated rings. The number of nitrogens with zero attached hydrogens (tertiary/aromatic N) is 3. The molecule has 2 N–H and O–H groups in total. The lowest BCUT2D eigenvalue weighted by Gasteiger charge is -2.20. The van der Waals surface area contributed by atoms with E-state index in [1.807, 2.05) is 18.2 Å². The molecular weight excluding hydrogens is 332 g/mol. The molecule has 114 valence electrons. The van der Waals surface area contributed by atoms with Crippen molar-refractivity contribution in [1.29, 1.82) is 0 Å². The standard InChI is InChI=1S/C15H21BrN4O/c1-3-20(4-2)15-18-13-7-6-11(16)10-12(13)14(19-15)17-8-5-9-21/h6-7,10,21H,3-5,8-9H2,1-2H3,(H,17,18,19). The third-order valence-corrected chi connectivity index (χ3v) is 3.81. The average molecular weight is 353 g/mol. The van der Waals surface area contributed by atoms with Crippen molar-refractivity contribution in [2.45, 2.75) is 20.3 Å². The maximum atomic E-state index is 8.93. The van der Waals surface area contributed by atoms with Crippen LogP contribution in [0.15, 0.2) is 22.7 Å². The Balaban J connectivity index is 2.46. The number of aromatic nitrogens is 2. The summed E-state index contributed by atoms with van der Waals surface area (Å²) >= 11 is 3.49. The van der Waals surface area contributed by atoms with Crippen molar-refractivity contribution in [3.63, 3.8) is 0 Å². The number of halogens is 1. The van der Waals surface area contributed by atoms with Crippen LogP contribution in [0.2, 0.25) is 0 Å². The van der Waals surface area contributed by atoms with Gasteiger partial charge in [-0.25, -0.2) is 4.98 Å². The molecule has 1 heterocycles. The summed E-state index contributed by atoms with van der Waals surface area (Å²) in [4.78, 5) is 11.4. The third kappa shape index (κ3) is 3.83. The Bertz CT molecular complexity index is 601. The summed E-state index contributed by atoms with van der Waals surface area (Å²) in [5.41, 5.74) is 0.918. The Morgan fingerprint density at radius 2 is 2.00 bits per heavy atom. The molecule has 2 aromatic rings. The van der Waals surface area contributed by atoms with Crippen molar-refractivity contribution < 1.29 is 5.11 Å². The van der Waals surface area contributed by atoms with Crippen molar-refractivity contribution >= 4 is 38.6 Å². The average Bonchev–Trinajstić information content (AvgIpc) is 2.49. The molecule has 1 aromatic heterocycles. The van der Waals surface area contributed by atoms with Gasteiger partial charge in [0, 0.05) is 36.1 Å². The van der Waals surface area contributed by atoms with E-state index >= 15 is 0 Å². The van der Waals surface area contributed by atoms with Gasteiger partial charge in [0.2, 0.25) is 5.95 Å². The van der Waals surface area contributed by atoms with Crippen LogP contribution < -0.4 is 10.2 Å². The van der Waals surface area contributed by atoms with Crippen molar-refractivity contribution in [1.82, 2.24) is 9.97 Å². The molecule has 0 bridgehead atoms. The Labute approximate surface area is 133 Å². The van der Waals surface area contributed by atoms with Crippen LogP contribution in [0.1, 0.15) is 20.3 Å². The first kappa shape index (κ1) is 16.0. The number of aliphatic hydroxyl groups is 1. The minimum absolute atomic E-state index is 0.169. The fourth-order valence-electron chi connectivity index (χ4n) is 2.16. The predicted molar refractivity (Wildman–Crippen MR) is 91.0 cm³/mol. The van der Waals surface area contributed by atoms with Crippen molar-refractivity contribution in [2.24, 2.45) is 0 Å². The second-order valence-electron chi connectivity index (χ2n) is 4.71. The van der Waals surface area contributed by atoms with Gasteiger partial charge in [0.15, 0.2) is 0 Å². The Morgan fingerprint density at radius 3 is 2.67 bits per heavy atom. The van der Waals surface area contributed by atoms with Crippen LogP contribution in [0, 0.1) is 0 Å². The van der Waals surface area contributed by atoms with E-state index in [9.17, 15) is 0 Å². The zero-order chi connectivity index (χ0) is 15.2. The van der Waals surface area contributed by atoms with Crippen molar-refractivity contribution in [2.75, 3.05) is 36.5 Å². The number of benzene rings is 1. The van der Waals surface area contributed by atoms with Crippen LogP contribution in [0.4, 0.5) is 11.8 Å².